The third-order valence-corrected chi connectivity index (χ3v) is 1.61. The lowest BCUT2D eigenvalue weighted by Gasteiger charge is -1.92. The van der Waals surface area contributed by atoms with Gasteiger partial charge in [0, 0.05) is 6.42 Å². The molecule has 0 aromatic heterocycles. The number of hydrogen-bond acceptors (Lipinski definition) is 1. The molecule has 0 aromatic rings. The molecule has 0 amide bonds. The van der Waals surface area contributed by atoms with Crippen molar-refractivity contribution in [3.63, 3.8) is 0 Å². The molecule has 0 heterocycles. The van der Waals surface area contributed by atoms with Crippen LogP contribution in [0.25, 0.3) is 0 Å². The molecule has 0 fully saturated rings. The van der Waals surface area contributed by atoms with Gasteiger partial charge < -0.3 is 0 Å². The van der Waals surface area contributed by atoms with Crippen LogP contribution >= 0.6 is 0 Å². The Hall–Kier alpha value is -0.850. The van der Waals surface area contributed by atoms with Crippen LogP contribution < -0.4 is 0 Å². The Labute approximate surface area is 75.2 Å². The predicted octanol–water partition coefficient (Wildman–Crippen LogP) is 3.27. The lowest BCUT2D eigenvalue weighted by atomic mass is 10.1. The molecule has 0 saturated carbocycles. The highest BCUT2D eigenvalue weighted by molar-refractivity contribution is 5.89. The van der Waals surface area contributed by atoms with Crippen molar-refractivity contribution < 1.29 is 4.79 Å². The fourth-order valence-corrected chi connectivity index (χ4v) is 0.907. The Balaban J connectivity index is 3.45. The highest BCUT2D eigenvalue weighted by Crippen LogP contribution is 2.00. The van der Waals surface area contributed by atoms with Crippen molar-refractivity contribution in [3.8, 4) is 0 Å². The third kappa shape index (κ3) is 7.26. The number of allylic oxidation sites excluding steroid dienone is 4. The van der Waals surface area contributed by atoms with E-state index in [0.29, 0.717) is 6.42 Å². The summed E-state index contributed by atoms with van der Waals surface area (Å²) in [6.45, 7) is 4.08. The standard InChI is InChI=1S/C11H18O/c1-3-5-7-9-11(12)10-8-6-4-2/h3,5,7,9H,4,6,8,10H2,1-2H3/b5-3+,9-7+. The van der Waals surface area contributed by atoms with Crippen LogP contribution in [0.1, 0.15) is 39.5 Å². The second-order valence-electron chi connectivity index (χ2n) is 2.81. The quantitative estimate of drug-likeness (QED) is 0.336. The van der Waals surface area contributed by atoms with E-state index in [-0.39, 0.29) is 5.78 Å². The van der Waals surface area contributed by atoms with Crippen LogP contribution in [0.2, 0.25) is 0 Å². The fraction of sp³-hybridized carbons (Fsp3) is 0.545. The van der Waals surface area contributed by atoms with E-state index in [0.717, 1.165) is 12.8 Å². The minimum Gasteiger partial charge on any atom is -0.295 e. The molecular weight excluding hydrogens is 148 g/mol. The van der Waals surface area contributed by atoms with Crippen molar-refractivity contribution >= 4 is 5.78 Å². The summed E-state index contributed by atoms with van der Waals surface area (Å²) in [6, 6.07) is 0. The van der Waals surface area contributed by atoms with E-state index in [1.54, 1.807) is 12.2 Å². The number of carbonyl (C=O) groups is 1. The van der Waals surface area contributed by atoms with Crippen molar-refractivity contribution in [1.82, 2.24) is 0 Å². The van der Waals surface area contributed by atoms with Crippen LogP contribution in [0, 0.1) is 0 Å². The first-order valence-electron chi connectivity index (χ1n) is 4.63. The first kappa shape index (κ1) is 11.2. The summed E-state index contributed by atoms with van der Waals surface area (Å²) >= 11 is 0. The van der Waals surface area contributed by atoms with Gasteiger partial charge in [-0.25, -0.2) is 0 Å². The van der Waals surface area contributed by atoms with E-state index in [9.17, 15) is 4.79 Å². The Bertz CT molecular complexity index is 166. The van der Waals surface area contributed by atoms with E-state index in [1.165, 1.54) is 6.42 Å². The molecule has 0 bridgehead atoms. The summed E-state index contributed by atoms with van der Waals surface area (Å²) in [5.41, 5.74) is 0. The summed E-state index contributed by atoms with van der Waals surface area (Å²) < 4.78 is 0. The molecule has 12 heavy (non-hydrogen) atoms. The first-order valence-corrected chi connectivity index (χ1v) is 4.63. The lowest BCUT2D eigenvalue weighted by Crippen LogP contribution is -1.91. The number of rotatable bonds is 6. The van der Waals surface area contributed by atoms with Gasteiger partial charge in [0.1, 0.15) is 0 Å². The molecule has 68 valence electrons. The van der Waals surface area contributed by atoms with Crippen molar-refractivity contribution in [2.24, 2.45) is 0 Å². The maximum absolute atomic E-state index is 11.1. The number of hydrogen-bond donors (Lipinski definition) is 0. The zero-order valence-electron chi connectivity index (χ0n) is 8.05. The second-order valence-corrected chi connectivity index (χ2v) is 2.81. The van der Waals surface area contributed by atoms with E-state index in [1.807, 2.05) is 19.1 Å². The molecule has 0 saturated heterocycles. The maximum Gasteiger partial charge on any atom is 0.155 e. The molecule has 0 aliphatic carbocycles. The van der Waals surface area contributed by atoms with E-state index < -0.39 is 0 Å². The zero-order chi connectivity index (χ0) is 9.23. The smallest absolute Gasteiger partial charge is 0.155 e. The van der Waals surface area contributed by atoms with Gasteiger partial charge in [0.25, 0.3) is 0 Å². The van der Waals surface area contributed by atoms with Gasteiger partial charge in [0.05, 0.1) is 0 Å². The summed E-state index contributed by atoms with van der Waals surface area (Å²) in [4.78, 5) is 11.1. The molecule has 0 unspecified atom stereocenters. The topological polar surface area (TPSA) is 17.1 Å². The molecular formula is C11H18O. The Morgan fingerprint density at radius 2 is 2.00 bits per heavy atom. The minimum atomic E-state index is 0.238. The highest BCUT2D eigenvalue weighted by Gasteiger charge is 1.93. The molecule has 0 aliphatic heterocycles. The van der Waals surface area contributed by atoms with Crippen LogP contribution in [0.4, 0.5) is 0 Å². The maximum atomic E-state index is 11.1. The van der Waals surface area contributed by atoms with Gasteiger partial charge >= 0.3 is 0 Å². The van der Waals surface area contributed by atoms with Crippen molar-refractivity contribution in [2.45, 2.75) is 39.5 Å². The van der Waals surface area contributed by atoms with Crippen LogP contribution in [0.5, 0.6) is 0 Å². The SMILES string of the molecule is C/C=C/C=C/C(=O)CCCCC. The third-order valence-electron chi connectivity index (χ3n) is 1.61. The van der Waals surface area contributed by atoms with Crippen LogP contribution in [-0.2, 0) is 4.79 Å². The lowest BCUT2D eigenvalue weighted by molar-refractivity contribution is -0.114. The monoisotopic (exact) mass is 166 g/mol. The summed E-state index contributed by atoms with van der Waals surface area (Å²) in [5.74, 6) is 0.238. The largest absolute Gasteiger partial charge is 0.295 e. The van der Waals surface area contributed by atoms with Crippen molar-refractivity contribution in [3.05, 3.63) is 24.3 Å². The molecule has 0 N–H and O–H groups in total. The second kappa shape index (κ2) is 8.25. The van der Waals surface area contributed by atoms with Gasteiger partial charge in [-0.3, -0.25) is 4.79 Å². The average molecular weight is 166 g/mol. The Morgan fingerprint density at radius 3 is 2.58 bits per heavy atom. The van der Waals surface area contributed by atoms with Gasteiger partial charge in [-0.1, -0.05) is 38.0 Å². The van der Waals surface area contributed by atoms with Gasteiger partial charge in [-0.05, 0) is 19.4 Å². The predicted molar refractivity (Wildman–Crippen MR) is 53.1 cm³/mol. The Kier molecular flexibility index (Phi) is 7.66. The molecule has 0 atom stereocenters. The fourth-order valence-electron chi connectivity index (χ4n) is 0.907. The van der Waals surface area contributed by atoms with Gasteiger partial charge in [0.15, 0.2) is 5.78 Å². The molecule has 0 radical (unpaired) electrons. The molecule has 1 heteroatoms. The van der Waals surface area contributed by atoms with E-state index in [4.69, 9.17) is 0 Å². The Morgan fingerprint density at radius 1 is 1.25 bits per heavy atom. The number of unbranched alkanes of at least 4 members (excludes halogenated alkanes) is 2. The summed E-state index contributed by atoms with van der Waals surface area (Å²) in [5, 5.41) is 0. The zero-order valence-corrected chi connectivity index (χ0v) is 8.05. The van der Waals surface area contributed by atoms with Gasteiger partial charge in [-0.15, -0.1) is 0 Å². The van der Waals surface area contributed by atoms with Crippen molar-refractivity contribution in [1.29, 1.82) is 0 Å². The van der Waals surface area contributed by atoms with E-state index >= 15 is 0 Å². The molecule has 0 aromatic carbocycles. The minimum absolute atomic E-state index is 0.238. The van der Waals surface area contributed by atoms with Crippen molar-refractivity contribution in [2.75, 3.05) is 0 Å². The van der Waals surface area contributed by atoms with E-state index in [2.05, 4.69) is 6.92 Å². The average Bonchev–Trinajstić information content (AvgIpc) is 2.06. The summed E-state index contributed by atoms with van der Waals surface area (Å²) in [6.07, 6.45) is 11.3. The highest BCUT2D eigenvalue weighted by atomic mass is 16.1. The molecule has 0 spiro atoms. The number of ketones is 1. The van der Waals surface area contributed by atoms with Crippen LogP contribution in [0.3, 0.4) is 0 Å². The first-order chi connectivity index (χ1) is 5.81. The molecule has 1 nitrogen and oxygen atoms in total. The van der Waals surface area contributed by atoms with Gasteiger partial charge in [-0.2, -0.15) is 0 Å². The normalized spacial score (nSPS) is 11.5. The number of carbonyl (C=O) groups excluding carboxylic acids is 1. The summed E-state index contributed by atoms with van der Waals surface area (Å²) in [7, 11) is 0. The molecule has 0 rings (SSSR count). The van der Waals surface area contributed by atoms with Crippen LogP contribution in [0.15, 0.2) is 24.3 Å². The molecule has 0 aliphatic rings. The van der Waals surface area contributed by atoms with Crippen LogP contribution in [-0.4, -0.2) is 5.78 Å². The van der Waals surface area contributed by atoms with Gasteiger partial charge in [0.2, 0.25) is 0 Å².